The molecular weight excluding hydrogens is 320 g/mol. The molecule has 5 rings (SSSR count). The topological polar surface area (TPSA) is 84.3 Å². The lowest BCUT2D eigenvalue weighted by atomic mass is 10.2. The van der Waals surface area contributed by atoms with Gasteiger partial charge in [0.05, 0.1) is 13.1 Å². The standard InChI is InChI=1S/C17H24N6O2/c1-11-8-22(9-14-18-16(24-20-14)12-2-3-12)6-7-23(11)10-15-19-17(25-21-15)13-4-5-13/h11-13H,2-10H2,1H3/t11-/m1/s1. The Hall–Kier alpha value is -1.80. The molecule has 2 aromatic rings. The Balaban J connectivity index is 1.15. The van der Waals surface area contributed by atoms with Gasteiger partial charge in [-0.25, -0.2) is 0 Å². The second-order valence-electron chi connectivity index (χ2n) is 7.70. The Bertz CT molecular complexity index is 735. The van der Waals surface area contributed by atoms with Gasteiger partial charge >= 0.3 is 0 Å². The van der Waals surface area contributed by atoms with Crippen LogP contribution in [0.5, 0.6) is 0 Å². The molecular formula is C17H24N6O2. The molecule has 0 aromatic carbocycles. The predicted octanol–water partition coefficient (Wildman–Crippen LogP) is 1.91. The summed E-state index contributed by atoms with van der Waals surface area (Å²) >= 11 is 0. The lowest BCUT2D eigenvalue weighted by Gasteiger charge is -2.38. The summed E-state index contributed by atoms with van der Waals surface area (Å²) in [5.74, 6) is 4.32. The van der Waals surface area contributed by atoms with Gasteiger partial charge in [0.2, 0.25) is 11.8 Å². The van der Waals surface area contributed by atoms with Gasteiger partial charge in [-0.3, -0.25) is 9.80 Å². The first-order valence-corrected chi connectivity index (χ1v) is 9.36. The lowest BCUT2D eigenvalue weighted by molar-refractivity contribution is 0.0688. The maximum Gasteiger partial charge on any atom is 0.229 e. The summed E-state index contributed by atoms with van der Waals surface area (Å²) < 4.78 is 10.7. The van der Waals surface area contributed by atoms with Gasteiger partial charge in [-0.15, -0.1) is 0 Å². The van der Waals surface area contributed by atoms with Crippen molar-refractivity contribution in [1.29, 1.82) is 0 Å². The molecule has 0 bridgehead atoms. The highest BCUT2D eigenvalue weighted by Crippen LogP contribution is 2.39. The Morgan fingerprint density at radius 1 is 0.880 bits per heavy atom. The second-order valence-corrected chi connectivity index (χ2v) is 7.70. The largest absolute Gasteiger partial charge is 0.339 e. The monoisotopic (exact) mass is 344 g/mol. The molecule has 2 saturated carbocycles. The van der Waals surface area contributed by atoms with Gasteiger partial charge < -0.3 is 9.05 Å². The zero-order chi connectivity index (χ0) is 16.8. The van der Waals surface area contributed by atoms with Crippen molar-refractivity contribution in [2.75, 3.05) is 19.6 Å². The fourth-order valence-electron chi connectivity index (χ4n) is 3.49. The SMILES string of the molecule is C[C@@H]1CN(Cc2noc(C3CC3)n2)CCN1Cc1noc(C2CC2)n1. The minimum Gasteiger partial charge on any atom is -0.339 e. The zero-order valence-electron chi connectivity index (χ0n) is 14.6. The molecule has 2 aromatic heterocycles. The highest BCUT2D eigenvalue weighted by Gasteiger charge is 2.32. The average molecular weight is 344 g/mol. The van der Waals surface area contributed by atoms with E-state index in [0.717, 1.165) is 56.2 Å². The van der Waals surface area contributed by atoms with Crippen molar-refractivity contribution >= 4 is 0 Å². The first-order chi connectivity index (χ1) is 12.2. The van der Waals surface area contributed by atoms with Crippen molar-refractivity contribution in [2.45, 2.75) is 63.6 Å². The van der Waals surface area contributed by atoms with E-state index in [1.807, 2.05) is 0 Å². The maximum absolute atomic E-state index is 5.37. The van der Waals surface area contributed by atoms with E-state index in [0.29, 0.717) is 17.9 Å². The predicted molar refractivity (Wildman–Crippen MR) is 87.7 cm³/mol. The molecule has 0 spiro atoms. The first kappa shape index (κ1) is 15.5. The third kappa shape index (κ3) is 3.46. The molecule has 134 valence electrons. The molecule has 0 radical (unpaired) electrons. The van der Waals surface area contributed by atoms with Crippen molar-refractivity contribution in [3.05, 3.63) is 23.4 Å². The van der Waals surface area contributed by atoms with Crippen LogP contribution in [0.4, 0.5) is 0 Å². The van der Waals surface area contributed by atoms with Gasteiger partial charge in [-0.1, -0.05) is 10.3 Å². The first-order valence-electron chi connectivity index (χ1n) is 9.36. The van der Waals surface area contributed by atoms with Crippen molar-refractivity contribution in [1.82, 2.24) is 30.1 Å². The van der Waals surface area contributed by atoms with Gasteiger partial charge in [-0.05, 0) is 32.6 Å². The number of hydrogen-bond donors (Lipinski definition) is 0. The molecule has 0 unspecified atom stereocenters. The van der Waals surface area contributed by atoms with E-state index in [1.54, 1.807) is 0 Å². The molecule has 8 heteroatoms. The summed E-state index contributed by atoms with van der Waals surface area (Å²) in [5.41, 5.74) is 0. The smallest absolute Gasteiger partial charge is 0.229 e. The lowest BCUT2D eigenvalue weighted by Crippen LogP contribution is -2.51. The third-order valence-electron chi connectivity index (χ3n) is 5.38. The fourth-order valence-corrected chi connectivity index (χ4v) is 3.49. The molecule has 0 amide bonds. The van der Waals surface area contributed by atoms with E-state index < -0.39 is 0 Å². The van der Waals surface area contributed by atoms with Crippen LogP contribution in [0.2, 0.25) is 0 Å². The van der Waals surface area contributed by atoms with Crippen LogP contribution < -0.4 is 0 Å². The van der Waals surface area contributed by atoms with Gasteiger partial charge in [0, 0.05) is 37.5 Å². The Morgan fingerprint density at radius 2 is 1.48 bits per heavy atom. The van der Waals surface area contributed by atoms with E-state index in [-0.39, 0.29) is 0 Å². The second kappa shape index (κ2) is 6.17. The molecule has 8 nitrogen and oxygen atoms in total. The summed E-state index contributed by atoms with van der Waals surface area (Å²) in [6.45, 7) is 6.75. The Kier molecular flexibility index (Phi) is 3.82. The van der Waals surface area contributed by atoms with E-state index in [1.165, 1.54) is 25.7 Å². The van der Waals surface area contributed by atoms with Crippen molar-refractivity contribution in [3.8, 4) is 0 Å². The minimum absolute atomic E-state index is 0.437. The number of nitrogens with zero attached hydrogens (tertiary/aromatic N) is 6. The Labute approximate surface area is 146 Å². The van der Waals surface area contributed by atoms with E-state index >= 15 is 0 Å². The van der Waals surface area contributed by atoms with Crippen molar-refractivity contribution in [3.63, 3.8) is 0 Å². The summed E-state index contributed by atoms with van der Waals surface area (Å²) in [7, 11) is 0. The van der Waals surface area contributed by atoms with Gasteiger partial charge in [0.25, 0.3) is 0 Å². The van der Waals surface area contributed by atoms with E-state index in [2.05, 4.69) is 37.0 Å². The third-order valence-corrected chi connectivity index (χ3v) is 5.38. The van der Waals surface area contributed by atoms with E-state index in [4.69, 9.17) is 9.05 Å². The Morgan fingerprint density at radius 3 is 2.04 bits per heavy atom. The molecule has 1 aliphatic heterocycles. The van der Waals surface area contributed by atoms with Crippen LogP contribution >= 0.6 is 0 Å². The van der Waals surface area contributed by atoms with Crippen LogP contribution in [-0.2, 0) is 13.1 Å². The fraction of sp³-hybridized carbons (Fsp3) is 0.765. The highest BCUT2D eigenvalue weighted by atomic mass is 16.5. The molecule has 1 atom stereocenters. The molecule has 3 aliphatic rings. The molecule has 3 fully saturated rings. The van der Waals surface area contributed by atoms with Gasteiger partial charge in [0.1, 0.15) is 0 Å². The molecule has 3 heterocycles. The maximum atomic E-state index is 5.37. The summed E-state index contributed by atoms with van der Waals surface area (Å²) in [6, 6.07) is 0.437. The van der Waals surface area contributed by atoms with E-state index in [9.17, 15) is 0 Å². The minimum atomic E-state index is 0.437. The number of rotatable bonds is 6. The van der Waals surface area contributed by atoms with Crippen LogP contribution in [0.3, 0.4) is 0 Å². The quantitative estimate of drug-likeness (QED) is 0.786. The molecule has 25 heavy (non-hydrogen) atoms. The summed E-state index contributed by atoms with van der Waals surface area (Å²) in [5, 5.41) is 8.28. The number of hydrogen-bond acceptors (Lipinski definition) is 8. The highest BCUT2D eigenvalue weighted by molar-refractivity contribution is 5.03. The zero-order valence-corrected chi connectivity index (χ0v) is 14.6. The average Bonchev–Trinajstić information content (AvgIpc) is 3.54. The van der Waals surface area contributed by atoms with Crippen LogP contribution in [-0.4, -0.2) is 55.8 Å². The van der Waals surface area contributed by atoms with Crippen LogP contribution in [0.1, 0.15) is 67.9 Å². The van der Waals surface area contributed by atoms with Gasteiger partial charge in [-0.2, -0.15) is 9.97 Å². The van der Waals surface area contributed by atoms with Crippen molar-refractivity contribution in [2.24, 2.45) is 0 Å². The number of aromatic nitrogens is 4. The van der Waals surface area contributed by atoms with Crippen LogP contribution in [0.25, 0.3) is 0 Å². The van der Waals surface area contributed by atoms with Gasteiger partial charge in [0.15, 0.2) is 11.6 Å². The summed E-state index contributed by atoms with van der Waals surface area (Å²) in [6.07, 6.45) is 4.76. The normalized spacial score (nSPS) is 25.6. The molecule has 0 N–H and O–H groups in total. The molecule has 2 aliphatic carbocycles. The number of piperazine rings is 1. The van der Waals surface area contributed by atoms with Crippen molar-refractivity contribution < 1.29 is 9.05 Å². The van der Waals surface area contributed by atoms with Crippen LogP contribution in [0.15, 0.2) is 9.05 Å². The molecule has 1 saturated heterocycles. The van der Waals surface area contributed by atoms with Crippen LogP contribution in [0, 0.1) is 0 Å². The summed E-state index contributed by atoms with van der Waals surface area (Å²) in [4.78, 5) is 13.9.